The number of benzene rings is 6. The molecule has 8 aromatic rings. The molecule has 0 fully saturated rings. The molecule has 1 aliphatic carbocycles. The minimum atomic E-state index is 0.654. The lowest BCUT2D eigenvalue weighted by molar-refractivity contribution is 0.979. The van der Waals surface area contributed by atoms with Crippen LogP contribution in [0.1, 0.15) is 12.8 Å². The van der Waals surface area contributed by atoms with Crippen LogP contribution in [-0.2, 0) is 0 Å². The van der Waals surface area contributed by atoms with E-state index in [-0.39, 0.29) is 0 Å². The molecule has 0 N–H and O–H groups in total. The Morgan fingerprint density at radius 3 is 1.29 bits per heavy atom. The highest BCUT2D eigenvalue weighted by Gasteiger charge is 2.17. The summed E-state index contributed by atoms with van der Waals surface area (Å²) < 4.78 is 2.45. The van der Waals surface area contributed by atoms with Gasteiger partial charge in [-0.05, 0) is 65.4 Å². The second-order valence-electron chi connectivity index (χ2n) is 12.4. The molecule has 0 saturated heterocycles. The van der Waals surface area contributed by atoms with E-state index in [1.54, 1.807) is 0 Å². The van der Waals surface area contributed by atoms with E-state index in [9.17, 15) is 0 Å². The molecule has 4 heteroatoms. The van der Waals surface area contributed by atoms with Crippen molar-refractivity contribution in [3.8, 4) is 56.4 Å². The van der Waals surface area contributed by atoms with Crippen LogP contribution >= 0.6 is 0 Å². The summed E-state index contributed by atoms with van der Waals surface area (Å²) in [5.74, 6) is 1.98. The molecule has 0 radical (unpaired) electrons. The van der Waals surface area contributed by atoms with E-state index < -0.39 is 0 Å². The van der Waals surface area contributed by atoms with Crippen LogP contribution in [0.2, 0.25) is 0 Å². The molecular formula is C45H32N4. The fourth-order valence-electron chi connectivity index (χ4n) is 6.85. The summed E-state index contributed by atoms with van der Waals surface area (Å²) in [5, 5.41) is 2.51. The first-order chi connectivity index (χ1) is 24.3. The predicted molar refractivity (Wildman–Crippen MR) is 203 cm³/mol. The molecule has 0 saturated carbocycles. The fraction of sp³-hybridized carbons (Fsp3) is 0.0444. The monoisotopic (exact) mass is 628 g/mol. The van der Waals surface area contributed by atoms with Crippen molar-refractivity contribution >= 4 is 27.5 Å². The Bertz CT molecular complexity index is 2450. The van der Waals surface area contributed by atoms with Crippen molar-refractivity contribution in [2.45, 2.75) is 12.8 Å². The Balaban J connectivity index is 1.14. The smallest absolute Gasteiger partial charge is 0.164 e. The van der Waals surface area contributed by atoms with E-state index in [1.807, 2.05) is 60.7 Å². The molecular weight excluding hydrogens is 597 g/mol. The first-order valence-electron chi connectivity index (χ1n) is 16.8. The Labute approximate surface area is 285 Å². The third-order valence-electron chi connectivity index (χ3n) is 9.33. The maximum Gasteiger partial charge on any atom is 0.164 e. The lowest BCUT2D eigenvalue weighted by atomic mass is 9.99. The minimum Gasteiger partial charge on any atom is -0.313 e. The Morgan fingerprint density at radius 1 is 0.408 bits per heavy atom. The van der Waals surface area contributed by atoms with Gasteiger partial charge in [-0.3, -0.25) is 0 Å². The van der Waals surface area contributed by atoms with Crippen molar-refractivity contribution < 1.29 is 0 Å². The van der Waals surface area contributed by atoms with Gasteiger partial charge in [0.25, 0.3) is 0 Å². The largest absolute Gasteiger partial charge is 0.313 e. The lowest BCUT2D eigenvalue weighted by Gasteiger charge is -2.14. The first-order valence-corrected chi connectivity index (χ1v) is 16.8. The second kappa shape index (κ2) is 12.3. The molecule has 232 valence electrons. The van der Waals surface area contributed by atoms with Crippen molar-refractivity contribution in [1.29, 1.82) is 0 Å². The lowest BCUT2D eigenvalue weighted by Crippen LogP contribution is -2.00. The zero-order valence-electron chi connectivity index (χ0n) is 26.9. The SMILES string of the molecule is C1=CCCC(n2c3ccc(-c4ccccc4)cc3c3cc(-c4ccc(-c5nc(-c6ccccc6)nc(-c6ccccc6)n5)cc4)ccc32)=C1. The van der Waals surface area contributed by atoms with Gasteiger partial charge in [0.05, 0.1) is 11.0 Å². The summed E-state index contributed by atoms with van der Waals surface area (Å²) in [6.45, 7) is 0. The first kappa shape index (κ1) is 28.8. The second-order valence-corrected chi connectivity index (χ2v) is 12.4. The van der Waals surface area contributed by atoms with E-state index in [0.29, 0.717) is 17.5 Å². The highest BCUT2D eigenvalue weighted by atomic mass is 15.0. The van der Waals surface area contributed by atoms with E-state index in [4.69, 9.17) is 15.0 Å². The number of fused-ring (bicyclic) bond motifs is 3. The third-order valence-corrected chi connectivity index (χ3v) is 9.33. The number of hydrogen-bond donors (Lipinski definition) is 0. The van der Waals surface area contributed by atoms with Crippen LogP contribution in [0.15, 0.2) is 170 Å². The van der Waals surface area contributed by atoms with Crippen LogP contribution in [0.25, 0.3) is 83.9 Å². The summed E-state index contributed by atoms with van der Waals surface area (Å²) in [5.41, 5.74) is 11.4. The van der Waals surface area contributed by atoms with Crippen LogP contribution in [0.4, 0.5) is 0 Å². The molecule has 0 bridgehead atoms. The van der Waals surface area contributed by atoms with Gasteiger partial charge in [-0.1, -0.05) is 140 Å². The molecule has 2 aromatic heterocycles. The molecule has 49 heavy (non-hydrogen) atoms. The van der Waals surface area contributed by atoms with Crippen LogP contribution < -0.4 is 0 Å². The highest BCUT2D eigenvalue weighted by Crippen LogP contribution is 2.38. The Hall–Kier alpha value is -6.39. The Kier molecular flexibility index (Phi) is 7.25. The van der Waals surface area contributed by atoms with Crippen molar-refractivity contribution in [1.82, 2.24) is 19.5 Å². The van der Waals surface area contributed by atoms with Gasteiger partial charge in [0.2, 0.25) is 0 Å². The molecule has 0 atom stereocenters. The molecule has 9 rings (SSSR count). The van der Waals surface area contributed by atoms with Gasteiger partial charge >= 0.3 is 0 Å². The fourth-order valence-corrected chi connectivity index (χ4v) is 6.85. The van der Waals surface area contributed by atoms with Crippen LogP contribution in [0.3, 0.4) is 0 Å². The maximum absolute atomic E-state index is 4.92. The van der Waals surface area contributed by atoms with Crippen molar-refractivity contribution in [2.24, 2.45) is 0 Å². The molecule has 0 aliphatic heterocycles. The van der Waals surface area contributed by atoms with Crippen molar-refractivity contribution in [3.05, 3.63) is 170 Å². The van der Waals surface area contributed by atoms with E-state index in [1.165, 1.54) is 44.2 Å². The molecule has 0 amide bonds. The molecule has 0 unspecified atom stereocenters. The highest BCUT2D eigenvalue weighted by molar-refractivity contribution is 6.12. The van der Waals surface area contributed by atoms with Gasteiger partial charge in [-0.15, -0.1) is 0 Å². The van der Waals surface area contributed by atoms with E-state index >= 15 is 0 Å². The third kappa shape index (κ3) is 5.43. The van der Waals surface area contributed by atoms with Crippen LogP contribution in [0, 0.1) is 0 Å². The van der Waals surface area contributed by atoms with Crippen LogP contribution in [0.5, 0.6) is 0 Å². The van der Waals surface area contributed by atoms with Gasteiger partial charge in [-0.2, -0.15) is 0 Å². The number of aromatic nitrogens is 4. The Morgan fingerprint density at radius 2 is 0.816 bits per heavy atom. The molecule has 1 aliphatic rings. The summed E-state index contributed by atoms with van der Waals surface area (Å²) >= 11 is 0. The number of allylic oxidation sites excluding steroid dienone is 4. The minimum absolute atomic E-state index is 0.654. The topological polar surface area (TPSA) is 43.6 Å². The molecule has 0 spiro atoms. The van der Waals surface area contributed by atoms with Crippen LogP contribution in [-0.4, -0.2) is 19.5 Å². The van der Waals surface area contributed by atoms with Gasteiger partial charge in [0, 0.05) is 33.2 Å². The zero-order chi connectivity index (χ0) is 32.6. The predicted octanol–water partition coefficient (Wildman–Crippen LogP) is 11.5. The zero-order valence-corrected chi connectivity index (χ0v) is 26.9. The summed E-state index contributed by atoms with van der Waals surface area (Å²) in [6.07, 6.45) is 8.76. The molecule has 6 aromatic carbocycles. The van der Waals surface area contributed by atoms with Crippen molar-refractivity contribution in [3.63, 3.8) is 0 Å². The normalized spacial score (nSPS) is 12.8. The maximum atomic E-state index is 4.92. The number of nitrogens with zero attached hydrogens (tertiary/aromatic N) is 4. The quantitative estimate of drug-likeness (QED) is 0.184. The summed E-state index contributed by atoms with van der Waals surface area (Å²) in [7, 11) is 0. The summed E-state index contributed by atoms with van der Waals surface area (Å²) in [4.78, 5) is 14.7. The average Bonchev–Trinajstić information content (AvgIpc) is 3.52. The summed E-state index contributed by atoms with van der Waals surface area (Å²) in [6, 6.07) is 53.2. The number of rotatable bonds is 6. The van der Waals surface area contributed by atoms with Gasteiger partial charge in [-0.25, -0.2) is 15.0 Å². The standard InChI is InChI=1S/C45H32N4/c1-5-13-31(14-6-1)36-25-27-41-39(29-36)40-30-37(26-28-42(40)49(41)38-19-11-4-12-20-38)32-21-23-35(24-22-32)45-47-43(33-15-7-2-8-16-33)46-44(48-45)34-17-9-3-10-18-34/h1-11,13-19,21-30H,12,20H2. The van der Waals surface area contributed by atoms with Gasteiger partial charge in [0.15, 0.2) is 17.5 Å². The molecule has 4 nitrogen and oxygen atoms in total. The van der Waals surface area contributed by atoms with E-state index in [0.717, 1.165) is 35.1 Å². The molecule has 2 heterocycles. The van der Waals surface area contributed by atoms with E-state index in [2.05, 4.69) is 114 Å². The van der Waals surface area contributed by atoms with Gasteiger partial charge < -0.3 is 4.57 Å². The average molecular weight is 629 g/mol. The van der Waals surface area contributed by atoms with Gasteiger partial charge in [0.1, 0.15) is 0 Å². The van der Waals surface area contributed by atoms with Crippen molar-refractivity contribution in [2.75, 3.05) is 0 Å². The number of hydrogen-bond acceptors (Lipinski definition) is 3.